The van der Waals surface area contributed by atoms with Crippen molar-refractivity contribution in [3.05, 3.63) is 68.8 Å². The Hall–Kier alpha value is -2.82. The van der Waals surface area contributed by atoms with Crippen LogP contribution < -0.4 is 5.56 Å². The summed E-state index contributed by atoms with van der Waals surface area (Å²) < 4.78 is 0. The second-order valence-electron chi connectivity index (χ2n) is 7.23. The maximum absolute atomic E-state index is 13.0. The van der Waals surface area contributed by atoms with E-state index >= 15 is 0 Å². The zero-order chi connectivity index (χ0) is 19.0. The van der Waals surface area contributed by atoms with Crippen molar-refractivity contribution in [1.82, 2.24) is 14.9 Å². The van der Waals surface area contributed by atoms with Gasteiger partial charge in [0, 0.05) is 29.9 Å². The Morgan fingerprint density at radius 3 is 2.62 bits per heavy atom. The standard InChI is InChI=1S/C21H25N3O2/c1-12(2)17-10-22-19-15(17)7-6-8-16(19)21(26)24(5)11-18-13(3)9-14(4)23-20(18)25/h6-10,12,22H,11H2,1-5H3,(H,23,25). The summed E-state index contributed by atoms with van der Waals surface area (Å²) in [6.07, 6.45) is 1.97. The molecule has 1 aromatic carbocycles. The molecule has 2 aromatic heterocycles. The fourth-order valence-corrected chi connectivity index (χ4v) is 3.42. The molecule has 0 saturated carbocycles. The Morgan fingerprint density at radius 2 is 1.96 bits per heavy atom. The summed E-state index contributed by atoms with van der Waals surface area (Å²) >= 11 is 0. The second-order valence-corrected chi connectivity index (χ2v) is 7.23. The van der Waals surface area contributed by atoms with E-state index in [2.05, 4.69) is 23.8 Å². The number of nitrogens with zero attached hydrogens (tertiary/aromatic N) is 1. The summed E-state index contributed by atoms with van der Waals surface area (Å²) in [6, 6.07) is 7.70. The first kappa shape index (κ1) is 18.0. The summed E-state index contributed by atoms with van der Waals surface area (Å²) in [7, 11) is 1.73. The number of nitrogens with one attached hydrogen (secondary N) is 2. The van der Waals surface area contributed by atoms with Crippen LogP contribution in [0.25, 0.3) is 10.9 Å². The largest absolute Gasteiger partial charge is 0.360 e. The smallest absolute Gasteiger partial charge is 0.256 e. The Kier molecular flexibility index (Phi) is 4.72. The van der Waals surface area contributed by atoms with Crippen LogP contribution in [-0.4, -0.2) is 27.8 Å². The Bertz CT molecular complexity index is 1030. The number of hydrogen-bond donors (Lipinski definition) is 2. The normalized spacial score (nSPS) is 11.3. The molecule has 0 aliphatic rings. The monoisotopic (exact) mass is 351 g/mol. The van der Waals surface area contributed by atoms with Gasteiger partial charge in [-0.2, -0.15) is 0 Å². The van der Waals surface area contributed by atoms with E-state index in [1.165, 1.54) is 5.56 Å². The molecule has 0 unspecified atom stereocenters. The highest BCUT2D eigenvalue weighted by Crippen LogP contribution is 2.28. The SMILES string of the molecule is Cc1cc(C)c(CN(C)C(=O)c2cccc3c(C(C)C)c[nH]c23)c(=O)[nH]1. The maximum atomic E-state index is 13.0. The third-order valence-corrected chi connectivity index (χ3v) is 4.84. The number of rotatable bonds is 4. The van der Waals surface area contributed by atoms with Crippen LogP contribution in [0, 0.1) is 13.8 Å². The van der Waals surface area contributed by atoms with Gasteiger partial charge in [-0.1, -0.05) is 26.0 Å². The number of aromatic nitrogens is 2. The lowest BCUT2D eigenvalue weighted by Gasteiger charge is -2.19. The quantitative estimate of drug-likeness (QED) is 0.749. The van der Waals surface area contributed by atoms with Crippen LogP contribution in [0.3, 0.4) is 0 Å². The van der Waals surface area contributed by atoms with E-state index in [-0.39, 0.29) is 18.0 Å². The van der Waals surface area contributed by atoms with Crippen LogP contribution in [0.5, 0.6) is 0 Å². The average Bonchev–Trinajstić information content (AvgIpc) is 3.01. The lowest BCUT2D eigenvalue weighted by molar-refractivity contribution is 0.0786. The minimum absolute atomic E-state index is 0.105. The van der Waals surface area contributed by atoms with Crippen molar-refractivity contribution >= 4 is 16.8 Å². The van der Waals surface area contributed by atoms with E-state index in [1.807, 2.05) is 44.3 Å². The van der Waals surface area contributed by atoms with Gasteiger partial charge in [0.2, 0.25) is 0 Å². The minimum atomic E-state index is -0.137. The molecule has 0 radical (unpaired) electrons. The lowest BCUT2D eigenvalue weighted by atomic mass is 10.0. The predicted molar refractivity (Wildman–Crippen MR) is 105 cm³/mol. The van der Waals surface area contributed by atoms with Crippen LogP contribution in [-0.2, 0) is 6.54 Å². The van der Waals surface area contributed by atoms with Gasteiger partial charge in [-0.05, 0) is 43.0 Å². The number of para-hydroxylation sites is 1. The van der Waals surface area contributed by atoms with Gasteiger partial charge in [-0.25, -0.2) is 0 Å². The fraction of sp³-hybridized carbons (Fsp3) is 0.333. The van der Waals surface area contributed by atoms with Gasteiger partial charge in [-0.15, -0.1) is 0 Å². The Balaban J connectivity index is 1.95. The number of fused-ring (bicyclic) bond motifs is 1. The molecule has 5 nitrogen and oxygen atoms in total. The summed E-state index contributed by atoms with van der Waals surface area (Å²) in [5.74, 6) is 0.271. The number of pyridine rings is 1. The average molecular weight is 351 g/mol. The maximum Gasteiger partial charge on any atom is 0.256 e. The topological polar surface area (TPSA) is 69.0 Å². The molecule has 5 heteroatoms. The van der Waals surface area contributed by atoms with E-state index in [9.17, 15) is 9.59 Å². The molecular formula is C21H25N3O2. The number of H-pyrrole nitrogens is 2. The number of aromatic amines is 2. The van der Waals surface area contributed by atoms with Crippen molar-refractivity contribution in [2.75, 3.05) is 7.05 Å². The zero-order valence-electron chi connectivity index (χ0n) is 15.9. The van der Waals surface area contributed by atoms with E-state index in [1.54, 1.807) is 11.9 Å². The molecule has 0 atom stereocenters. The number of carbonyl (C=O) groups excluding carboxylic acids is 1. The molecule has 2 N–H and O–H groups in total. The molecule has 3 aromatic rings. The molecule has 2 heterocycles. The second kappa shape index (κ2) is 6.83. The Labute approximate surface area is 153 Å². The summed E-state index contributed by atoms with van der Waals surface area (Å²) in [4.78, 5) is 32.9. The van der Waals surface area contributed by atoms with E-state index in [0.717, 1.165) is 22.2 Å². The zero-order valence-corrected chi connectivity index (χ0v) is 15.9. The lowest BCUT2D eigenvalue weighted by Crippen LogP contribution is -2.30. The van der Waals surface area contributed by atoms with Gasteiger partial charge in [0.1, 0.15) is 0 Å². The number of carbonyl (C=O) groups is 1. The first-order valence-corrected chi connectivity index (χ1v) is 8.84. The van der Waals surface area contributed by atoms with Crippen LogP contribution in [0.1, 0.15) is 52.5 Å². The molecule has 0 aliphatic heterocycles. The van der Waals surface area contributed by atoms with Crippen LogP contribution >= 0.6 is 0 Å². The summed E-state index contributed by atoms with van der Waals surface area (Å²) in [6.45, 7) is 8.29. The number of benzene rings is 1. The first-order chi connectivity index (χ1) is 12.3. The molecule has 0 spiro atoms. The fourth-order valence-electron chi connectivity index (χ4n) is 3.42. The predicted octanol–water partition coefficient (Wildman–Crippen LogP) is 3.87. The van der Waals surface area contributed by atoms with Gasteiger partial charge >= 0.3 is 0 Å². The highest BCUT2D eigenvalue weighted by atomic mass is 16.2. The van der Waals surface area contributed by atoms with Gasteiger partial charge < -0.3 is 14.9 Å². The molecule has 1 amide bonds. The van der Waals surface area contributed by atoms with Gasteiger partial charge in [0.05, 0.1) is 17.6 Å². The highest BCUT2D eigenvalue weighted by Gasteiger charge is 2.19. The van der Waals surface area contributed by atoms with Crippen molar-refractivity contribution in [2.45, 2.75) is 40.2 Å². The van der Waals surface area contributed by atoms with Crippen molar-refractivity contribution in [1.29, 1.82) is 0 Å². The van der Waals surface area contributed by atoms with Gasteiger partial charge in [0.15, 0.2) is 0 Å². The van der Waals surface area contributed by atoms with Crippen molar-refractivity contribution < 1.29 is 4.79 Å². The number of amides is 1. The molecular weight excluding hydrogens is 326 g/mol. The molecule has 3 rings (SSSR count). The molecule has 0 aliphatic carbocycles. The summed E-state index contributed by atoms with van der Waals surface area (Å²) in [5, 5.41) is 1.07. The molecule has 136 valence electrons. The van der Waals surface area contributed by atoms with Crippen molar-refractivity contribution in [3.63, 3.8) is 0 Å². The van der Waals surface area contributed by atoms with E-state index in [4.69, 9.17) is 0 Å². The van der Waals surface area contributed by atoms with Crippen LogP contribution in [0.4, 0.5) is 0 Å². The molecule has 0 fully saturated rings. The van der Waals surface area contributed by atoms with E-state index in [0.29, 0.717) is 17.0 Å². The third kappa shape index (κ3) is 3.17. The van der Waals surface area contributed by atoms with Crippen LogP contribution in [0.2, 0.25) is 0 Å². The molecule has 0 bridgehead atoms. The summed E-state index contributed by atoms with van der Waals surface area (Å²) in [5.41, 5.74) is 4.87. The number of aryl methyl sites for hydroxylation is 2. The minimum Gasteiger partial charge on any atom is -0.360 e. The van der Waals surface area contributed by atoms with E-state index < -0.39 is 0 Å². The molecule has 0 saturated heterocycles. The van der Waals surface area contributed by atoms with Crippen LogP contribution in [0.15, 0.2) is 35.3 Å². The first-order valence-electron chi connectivity index (χ1n) is 8.84. The molecule has 26 heavy (non-hydrogen) atoms. The number of hydrogen-bond acceptors (Lipinski definition) is 2. The van der Waals surface area contributed by atoms with Crippen molar-refractivity contribution in [3.8, 4) is 0 Å². The third-order valence-electron chi connectivity index (χ3n) is 4.84. The van der Waals surface area contributed by atoms with Gasteiger partial charge in [0.25, 0.3) is 11.5 Å². The highest BCUT2D eigenvalue weighted by molar-refractivity contribution is 6.06. The van der Waals surface area contributed by atoms with Crippen molar-refractivity contribution in [2.24, 2.45) is 0 Å². The Morgan fingerprint density at radius 1 is 1.23 bits per heavy atom. The van der Waals surface area contributed by atoms with Gasteiger partial charge in [-0.3, -0.25) is 9.59 Å².